The number of hydrogen-bond acceptors (Lipinski definition) is 9. The lowest BCUT2D eigenvalue weighted by Crippen LogP contribution is -2.23. The molecule has 3 aromatic rings. The number of anilines is 2. The highest BCUT2D eigenvalue weighted by atomic mass is 32.2. The Hall–Kier alpha value is -2.43. The van der Waals surface area contributed by atoms with E-state index >= 15 is 0 Å². The molecule has 1 atom stereocenters. The van der Waals surface area contributed by atoms with Gasteiger partial charge in [0, 0.05) is 4.88 Å². The van der Waals surface area contributed by atoms with E-state index in [9.17, 15) is 9.59 Å². The van der Waals surface area contributed by atoms with E-state index < -0.39 is 11.2 Å². The molecular weight excluding hydrogens is 440 g/mol. The molecule has 1 aliphatic rings. The number of benzene rings is 1. The molecule has 0 fully saturated rings. The van der Waals surface area contributed by atoms with Gasteiger partial charge in [0.1, 0.15) is 5.00 Å². The van der Waals surface area contributed by atoms with Crippen LogP contribution in [0.25, 0.3) is 10.4 Å². The van der Waals surface area contributed by atoms with E-state index in [0.717, 1.165) is 28.8 Å². The number of thiophene rings is 1. The fourth-order valence-electron chi connectivity index (χ4n) is 3.33. The van der Waals surface area contributed by atoms with Crippen LogP contribution in [0.15, 0.2) is 28.6 Å². The van der Waals surface area contributed by atoms with Gasteiger partial charge in [0.25, 0.3) is 0 Å². The largest absolute Gasteiger partial charge is 0.462 e. The van der Waals surface area contributed by atoms with E-state index in [1.165, 1.54) is 40.0 Å². The normalized spacial score (nSPS) is 13.3. The van der Waals surface area contributed by atoms with Crippen molar-refractivity contribution in [3.8, 4) is 10.4 Å². The van der Waals surface area contributed by atoms with Gasteiger partial charge in [-0.05, 0) is 43.4 Å². The minimum absolute atomic E-state index is 0.216. The third-order valence-electron chi connectivity index (χ3n) is 4.70. The van der Waals surface area contributed by atoms with E-state index in [1.54, 1.807) is 13.8 Å². The molecule has 30 heavy (non-hydrogen) atoms. The molecule has 0 radical (unpaired) electrons. The number of fused-ring (bicyclic) bond motifs is 3. The number of nitrogens with two attached hydrogens (primary N) is 1. The van der Waals surface area contributed by atoms with Crippen molar-refractivity contribution in [1.82, 2.24) is 10.2 Å². The van der Waals surface area contributed by atoms with Crippen LogP contribution in [0, 0.1) is 0 Å². The minimum atomic E-state index is -0.432. The maximum atomic E-state index is 12.9. The Bertz CT molecular complexity index is 1110. The lowest BCUT2D eigenvalue weighted by atomic mass is 9.89. The van der Waals surface area contributed by atoms with Gasteiger partial charge in [-0.25, -0.2) is 4.79 Å². The summed E-state index contributed by atoms with van der Waals surface area (Å²) in [6.07, 6.45) is 1.59. The van der Waals surface area contributed by atoms with Gasteiger partial charge < -0.3 is 15.8 Å². The number of carbonyl (C=O) groups excluding carboxylic acids is 2. The summed E-state index contributed by atoms with van der Waals surface area (Å²) in [4.78, 5) is 26.6. The van der Waals surface area contributed by atoms with E-state index in [0.29, 0.717) is 20.0 Å². The Labute approximate surface area is 186 Å². The van der Waals surface area contributed by atoms with Crippen molar-refractivity contribution in [2.75, 3.05) is 17.7 Å². The zero-order valence-electron chi connectivity index (χ0n) is 16.4. The fourth-order valence-corrected chi connectivity index (χ4v) is 6.42. The van der Waals surface area contributed by atoms with Crippen LogP contribution in [0.1, 0.15) is 35.3 Å². The molecule has 3 N–H and O–H groups in total. The maximum absolute atomic E-state index is 12.9. The summed E-state index contributed by atoms with van der Waals surface area (Å²) in [6.45, 7) is 3.83. The molecular formula is C20H20N4O3S3. The van der Waals surface area contributed by atoms with Crippen LogP contribution < -0.4 is 11.1 Å². The maximum Gasteiger partial charge on any atom is 0.341 e. The van der Waals surface area contributed by atoms with E-state index in [1.807, 2.05) is 12.1 Å². The number of nitrogen functional groups attached to an aromatic ring is 1. The lowest BCUT2D eigenvalue weighted by Gasteiger charge is -2.16. The average Bonchev–Trinajstić information content (AvgIpc) is 3.30. The smallest absolute Gasteiger partial charge is 0.341 e. The first-order valence-corrected chi connectivity index (χ1v) is 12.0. The SMILES string of the molecule is CCOC(=O)c1c(NC(=O)C(C)Sc2nnc(N)s2)sc2c1CCc1ccccc1-2. The molecule has 0 bridgehead atoms. The van der Waals surface area contributed by atoms with Crippen molar-refractivity contribution < 1.29 is 14.3 Å². The topological polar surface area (TPSA) is 107 Å². The van der Waals surface area contributed by atoms with Crippen molar-refractivity contribution in [3.63, 3.8) is 0 Å². The summed E-state index contributed by atoms with van der Waals surface area (Å²) < 4.78 is 5.93. The van der Waals surface area contributed by atoms with Crippen LogP contribution in [-0.4, -0.2) is 33.9 Å². The molecule has 2 heterocycles. The predicted octanol–water partition coefficient (Wildman–Crippen LogP) is 4.24. The van der Waals surface area contributed by atoms with Crippen molar-refractivity contribution in [2.24, 2.45) is 0 Å². The van der Waals surface area contributed by atoms with Crippen LogP contribution in [0.2, 0.25) is 0 Å². The van der Waals surface area contributed by atoms with E-state index in [-0.39, 0.29) is 12.5 Å². The summed E-state index contributed by atoms with van der Waals surface area (Å²) in [7, 11) is 0. The Balaban J connectivity index is 1.65. The van der Waals surface area contributed by atoms with Crippen LogP contribution >= 0.6 is 34.4 Å². The zero-order chi connectivity index (χ0) is 21.3. The highest BCUT2D eigenvalue weighted by Crippen LogP contribution is 2.45. The minimum Gasteiger partial charge on any atom is -0.462 e. The molecule has 4 rings (SSSR count). The van der Waals surface area contributed by atoms with Gasteiger partial charge in [-0.2, -0.15) is 0 Å². The Morgan fingerprint density at radius 1 is 1.27 bits per heavy atom. The first-order chi connectivity index (χ1) is 14.5. The van der Waals surface area contributed by atoms with E-state index in [4.69, 9.17) is 10.5 Å². The van der Waals surface area contributed by atoms with Gasteiger partial charge in [0.2, 0.25) is 11.0 Å². The molecule has 7 nitrogen and oxygen atoms in total. The lowest BCUT2D eigenvalue weighted by molar-refractivity contribution is -0.115. The number of ether oxygens (including phenoxy) is 1. The van der Waals surface area contributed by atoms with Gasteiger partial charge in [0.05, 0.1) is 17.4 Å². The van der Waals surface area contributed by atoms with Crippen molar-refractivity contribution in [1.29, 1.82) is 0 Å². The van der Waals surface area contributed by atoms with Gasteiger partial charge in [0.15, 0.2) is 4.34 Å². The number of aromatic nitrogens is 2. The van der Waals surface area contributed by atoms with Crippen molar-refractivity contribution >= 4 is 56.4 Å². The number of carbonyl (C=O) groups is 2. The number of thioether (sulfide) groups is 1. The van der Waals surface area contributed by atoms with Crippen LogP contribution in [-0.2, 0) is 22.4 Å². The van der Waals surface area contributed by atoms with Gasteiger partial charge in [-0.15, -0.1) is 21.5 Å². The second kappa shape index (κ2) is 8.75. The molecule has 0 aliphatic heterocycles. The molecule has 1 amide bonds. The highest BCUT2D eigenvalue weighted by molar-refractivity contribution is 8.02. The molecule has 0 saturated carbocycles. The number of amides is 1. The molecule has 2 aromatic heterocycles. The number of rotatable bonds is 6. The third kappa shape index (κ3) is 4.07. The fraction of sp³-hybridized carbons (Fsp3) is 0.300. The molecule has 1 unspecified atom stereocenters. The quantitative estimate of drug-likeness (QED) is 0.418. The molecule has 0 spiro atoms. The Morgan fingerprint density at radius 3 is 2.80 bits per heavy atom. The summed E-state index contributed by atoms with van der Waals surface area (Å²) >= 11 is 3.94. The highest BCUT2D eigenvalue weighted by Gasteiger charge is 2.30. The summed E-state index contributed by atoms with van der Waals surface area (Å²) in [5, 5.41) is 11.1. The summed E-state index contributed by atoms with van der Waals surface area (Å²) in [5.41, 5.74) is 9.39. The van der Waals surface area contributed by atoms with Crippen molar-refractivity contribution in [2.45, 2.75) is 36.3 Å². The Morgan fingerprint density at radius 2 is 2.07 bits per heavy atom. The van der Waals surface area contributed by atoms with Gasteiger partial charge in [-0.1, -0.05) is 47.4 Å². The van der Waals surface area contributed by atoms with Gasteiger partial charge in [-0.3, -0.25) is 4.79 Å². The first-order valence-electron chi connectivity index (χ1n) is 9.45. The number of nitrogens with zero attached hydrogens (tertiary/aromatic N) is 2. The number of aryl methyl sites for hydroxylation is 1. The second-order valence-corrected chi connectivity index (χ2v) is 10.3. The molecule has 1 aliphatic carbocycles. The standard InChI is InChI=1S/C20H20N4O3S3/c1-3-27-18(26)14-13-9-8-11-6-4-5-7-12(11)15(13)29-17(14)22-16(25)10(2)28-20-24-23-19(21)30-20/h4-7,10H,3,8-9H2,1-2H3,(H2,21,23)(H,22,25). The van der Waals surface area contributed by atoms with Crippen LogP contribution in [0.3, 0.4) is 0 Å². The Kier molecular flexibility index (Phi) is 6.07. The number of hydrogen-bond donors (Lipinski definition) is 2. The number of esters is 1. The second-order valence-electron chi connectivity index (χ2n) is 6.65. The summed E-state index contributed by atoms with van der Waals surface area (Å²) in [5.74, 6) is -0.618. The average molecular weight is 461 g/mol. The first kappa shape index (κ1) is 20.8. The van der Waals surface area contributed by atoms with Crippen LogP contribution in [0.4, 0.5) is 10.1 Å². The van der Waals surface area contributed by atoms with Crippen LogP contribution in [0.5, 0.6) is 0 Å². The monoisotopic (exact) mass is 460 g/mol. The molecule has 0 saturated heterocycles. The third-order valence-corrected chi connectivity index (χ3v) is 7.82. The molecule has 10 heteroatoms. The predicted molar refractivity (Wildman–Crippen MR) is 121 cm³/mol. The van der Waals surface area contributed by atoms with E-state index in [2.05, 4.69) is 27.6 Å². The molecule has 156 valence electrons. The van der Waals surface area contributed by atoms with Crippen molar-refractivity contribution in [3.05, 3.63) is 41.0 Å². The summed E-state index contributed by atoms with van der Waals surface area (Å²) in [6, 6.07) is 8.17. The number of nitrogens with one attached hydrogen (secondary N) is 1. The van der Waals surface area contributed by atoms with Gasteiger partial charge >= 0.3 is 5.97 Å². The zero-order valence-corrected chi connectivity index (χ0v) is 18.9. The molecule has 1 aromatic carbocycles.